The molecule has 1 rings (SSSR count). The van der Waals surface area contributed by atoms with Crippen molar-refractivity contribution in [2.24, 2.45) is 0 Å². The molecule has 0 saturated carbocycles. The Labute approximate surface area is 100 Å². The van der Waals surface area contributed by atoms with Crippen LogP contribution in [0.4, 0.5) is 0 Å². The van der Waals surface area contributed by atoms with Crippen molar-refractivity contribution in [2.45, 2.75) is 53.4 Å². The molecule has 0 nitrogen and oxygen atoms in total. The molecule has 0 saturated heterocycles. The van der Waals surface area contributed by atoms with E-state index in [1.165, 1.54) is 47.9 Å². The van der Waals surface area contributed by atoms with E-state index in [1.807, 2.05) is 0 Å². The monoisotopic (exact) mass is 216 g/mol. The molecule has 0 heteroatoms. The first-order chi connectivity index (χ1) is 7.65. The Morgan fingerprint density at radius 2 is 1.62 bits per heavy atom. The van der Waals surface area contributed by atoms with Gasteiger partial charge >= 0.3 is 0 Å². The van der Waals surface area contributed by atoms with E-state index < -0.39 is 0 Å². The standard InChI is InChI=1S/C16H24/c1-5-6-7-8-9-10-16-14(3)11-13(2)12-15(16)4/h9-12H,5-8H2,1-4H3. The van der Waals surface area contributed by atoms with Crippen LogP contribution in [0, 0.1) is 20.8 Å². The highest BCUT2D eigenvalue weighted by Gasteiger charge is 1.99. The van der Waals surface area contributed by atoms with Crippen molar-refractivity contribution in [3.8, 4) is 0 Å². The summed E-state index contributed by atoms with van der Waals surface area (Å²) in [5.41, 5.74) is 5.55. The summed E-state index contributed by atoms with van der Waals surface area (Å²) in [6.07, 6.45) is 9.78. The van der Waals surface area contributed by atoms with E-state index >= 15 is 0 Å². The van der Waals surface area contributed by atoms with Crippen molar-refractivity contribution in [3.05, 3.63) is 40.5 Å². The molecule has 0 amide bonds. The Morgan fingerprint density at radius 1 is 1.00 bits per heavy atom. The molecule has 0 aliphatic rings. The molecule has 0 aliphatic heterocycles. The number of hydrogen-bond donors (Lipinski definition) is 0. The van der Waals surface area contributed by atoms with Gasteiger partial charge in [0.1, 0.15) is 0 Å². The maximum atomic E-state index is 2.32. The zero-order valence-corrected chi connectivity index (χ0v) is 11.1. The molecular weight excluding hydrogens is 192 g/mol. The number of aryl methyl sites for hydroxylation is 3. The quantitative estimate of drug-likeness (QED) is 0.593. The van der Waals surface area contributed by atoms with Crippen LogP contribution in [0.1, 0.15) is 54.9 Å². The Balaban J connectivity index is 2.66. The third-order valence-electron chi connectivity index (χ3n) is 3.00. The van der Waals surface area contributed by atoms with Crippen molar-refractivity contribution >= 4 is 6.08 Å². The zero-order chi connectivity index (χ0) is 12.0. The molecule has 1 aromatic rings. The molecule has 0 bridgehead atoms. The average molecular weight is 216 g/mol. The Morgan fingerprint density at radius 3 is 2.19 bits per heavy atom. The SMILES string of the molecule is CCCCCC=Cc1c(C)cc(C)cc1C. The van der Waals surface area contributed by atoms with Crippen molar-refractivity contribution in [1.82, 2.24) is 0 Å². The minimum atomic E-state index is 1.21. The molecular formula is C16H24. The van der Waals surface area contributed by atoms with E-state index in [9.17, 15) is 0 Å². The molecule has 88 valence electrons. The minimum Gasteiger partial charge on any atom is -0.0839 e. The van der Waals surface area contributed by atoms with E-state index in [0.717, 1.165) is 0 Å². The van der Waals surface area contributed by atoms with Gasteiger partial charge in [-0.15, -0.1) is 0 Å². The molecule has 16 heavy (non-hydrogen) atoms. The van der Waals surface area contributed by atoms with E-state index in [1.54, 1.807) is 0 Å². The summed E-state index contributed by atoms with van der Waals surface area (Å²) in [7, 11) is 0. The molecule has 0 fully saturated rings. The van der Waals surface area contributed by atoms with Gasteiger partial charge in [-0.25, -0.2) is 0 Å². The average Bonchev–Trinajstić information content (AvgIpc) is 2.20. The number of rotatable bonds is 5. The van der Waals surface area contributed by atoms with Crippen molar-refractivity contribution in [2.75, 3.05) is 0 Å². The predicted octanol–water partition coefficient (Wildman–Crippen LogP) is 5.21. The molecule has 0 spiro atoms. The third kappa shape index (κ3) is 3.84. The molecule has 0 aromatic heterocycles. The van der Waals surface area contributed by atoms with Gasteiger partial charge in [0.2, 0.25) is 0 Å². The van der Waals surface area contributed by atoms with Crippen LogP contribution in [0.3, 0.4) is 0 Å². The molecule has 0 aliphatic carbocycles. The van der Waals surface area contributed by atoms with Gasteiger partial charge in [-0.1, -0.05) is 49.6 Å². The normalized spacial score (nSPS) is 11.2. The Hall–Kier alpha value is -1.04. The summed E-state index contributed by atoms with van der Waals surface area (Å²) in [4.78, 5) is 0. The van der Waals surface area contributed by atoms with Crippen LogP contribution < -0.4 is 0 Å². The highest BCUT2D eigenvalue weighted by atomic mass is 14.0. The number of hydrogen-bond acceptors (Lipinski definition) is 0. The van der Waals surface area contributed by atoms with Gasteiger partial charge in [0.15, 0.2) is 0 Å². The van der Waals surface area contributed by atoms with Gasteiger partial charge in [-0.2, -0.15) is 0 Å². The lowest BCUT2D eigenvalue weighted by Crippen LogP contribution is -1.88. The van der Waals surface area contributed by atoms with Gasteiger partial charge in [-0.3, -0.25) is 0 Å². The molecule has 0 atom stereocenters. The van der Waals surface area contributed by atoms with Crippen LogP contribution in [0.25, 0.3) is 6.08 Å². The highest BCUT2D eigenvalue weighted by Crippen LogP contribution is 2.18. The largest absolute Gasteiger partial charge is 0.0839 e. The smallest absolute Gasteiger partial charge is 0.0201 e. The van der Waals surface area contributed by atoms with Gasteiger partial charge in [0.05, 0.1) is 0 Å². The van der Waals surface area contributed by atoms with Crippen molar-refractivity contribution < 1.29 is 0 Å². The highest BCUT2D eigenvalue weighted by molar-refractivity contribution is 5.58. The van der Waals surface area contributed by atoms with Crippen LogP contribution in [0.5, 0.6) is 0 Å². The minimum absolute atomic E-state index is 1.21. The zero-order valence-electron chi connectivity index (χ0n) is 11.1. The summed E-state index contributed by atoms with van der Waals surface area (Å²) in [5.74, 6) is 0. The lowest BCUT2D eigenvalue weighted by atomic mass is 9.99. The second-order valence-corrected chi connectivity index (χ2v) is 4.71. The fourth-order valence-electron chi connectivity index (χ4n) is 2.17. The summed E-state index contributed by atoms with van der Waals surface area (Å²) >= 11 is 0. The second-order valence-electron chi connectivity index (χ2n) is 4.71. The first-order valence-electron chi connectivity index (χ1n) is 6.39. The summed E-state index contributed by atoms with van der Waals surface area (Å²) < 4.78 is 0. The molecule has 0 unspecified atom stereocenters. The fourth-order valence-corrected chi connectivity index (χ4v) is 2.17. The summed E-state index contributed by atoms with van der Waals surface area (Å²) in [6.45, 7) is 8.81. The van der Waals surface area contributed by atoms with Gasteiger partial charge < -0.3 is 0 Å². The first-order valence-corrected chi connectivity index (χ1v) is 6.39. The Bertz CT molecular complexity index is 335. The van der Waals surface area contributed by atoms with Gasteiger partial charge in [0.25, 0.3) is 0 Å². The maximum absolute atomic E-state index is 2.32. The van der Waals surface area contributed by atoms with Crippen LogP contribution in [0.15, 0.2) is 18.2 Å². The third-order valence-corrected chi connectivity index (χ3v) is 3.00. The molecule has 0 radical (unpaired) electrons. The van der Waals surface area contributed by atoms with Crippen LogP contribution in [-0.2, 0) is 0 Å². The lowest BCUT2D eigenvalue weighted by Gasteiger charge is -2.06. The van der Waals surface area contributed by atoms with E-state index in [2.05, 4.69) is 52.0 Å². The maximum Gasteiger partial charge on any atom is -0.0201 e. The van der Waals surface area contributed by atoms with Crippen molar-refractivity contribution in [1.29, 1.82) is 0 Å². The number of unbranched alkanes of at least 4 members (excludes halogenated alkanes) is 3. The fraction of sp³-hybridized carbons (Fsp3) is 0.500. The van der Waals surface area contributed by atoms with E-state index in [4.69, 9.17) is 0 Å². The van der Waals surface area contributed by atoms with Crippen LogP contribution in [0.2, 0.25) is 0 Å². The van der Waals surface area contributed by atoms with E-state index in [0.29, 0.717) is 0 Å². The summed E-state index contributed by atoms with van der Waals surface area (Å²) in [5, 5.41) is 0. The van der Waals surface area contributed by atoms with Crippen molar-refractivity contribution in [3.63, 3.8) is 0 Å². The van der Waals surface area contributed by atoms with Gasteiger partial charge in [-0.05, 0) is 50.3 Å². The number of benzene rings is 1. The van der Waals surface area contributed by atoms with E-state index in [-0.39, 0.29) is 0 Å². The predicted molar refractivity (Wildman–Crippen MR) is 73.8 cm³/mol. The second kappa shape index (κ2) is 6.52. The van der Waals surface area contributed by atoms with Crippen LogP contribution >= 0.6 is 0 Å². The molecule has 0 N–H and O–H groups in total. The number of allylic oxidation sites excluding steroid dienone is 1. The molecule has 1 aromatic carbocycles. The van der Waals surface area contributed by atoms with Crippen LogP contribution in [-0.4, -0.2) is 0 Å². The topological polar surface area (TPSA) is 0 Å². The lowest BCUT2D eigenvalue weighted by molar-refractivity contribution is 0.730. The summed E-state index contributed by atoms with van der Waals surface area (Å²) in [6, 6.07) is 4.53. The first kappa shape index (κ1) is 13.0. The molecule has 0 heterocycles. The van der Waals surface area contributed by atoms with Gasteiger partial charge in [0, 0.05) is 0 Å². The Kier molecular flexibility index (Phi) is 5.31.